The molecule has 2 aromatic carbocycles. The summed E-state index contributed by atoms with van der Waals surface area (Å²) in [4.78, 5) is 21.4. The third-order valence-corrected chi connectivity index (χ3v) is 5.65. The van der Waals surface area contributed by atoms with Crippen LogP contribution >= 0.6 is 0 Å². The van der Waals surface area contributed by atoms with Crippen molar-refractivity contribution in [1.29, 1.82) is 0 Å². The number of aromatic nitrogens is 2. The van der Waals surface area contributed by atoms with Gasteiger partial charge in [0.05, 0.1) is 5.69 Å². The number of carbonyl (C=O) groups excluding carboxylic acids is 1. The van der Waals surface area contributed by atoms with E-state index in [4.69, 9.17) is 5.73 Å². The van der Waals surface area contributed by atoms with Crippen molar-refractivity contribution < 1.29 is 4.79 Å². The molecular weight excluding hydrogens is 374 g/mol. The predicted octanol–water partition coefficient (Wildman–Crippen LogP) is 4.84. The maximum absolute atomic E-state index is 12.5. The number of benzene rings is 2. The highest BCUT2D eigenvalue weighted by Crippen LogP contribution is 2.26. The van der Waals surface area contributed by atoms with Crippen LogP contribution in [0.25, 0.3) is 11.3 Å². The number of carbonyl (C=O) groups is 1. The van der Waals surface area contributed by atoms with Crippen LogP contribution in [0.3, 0.4) is 0 Å². The molecule has 1 amide bonds. The summed E-state index contributed by atoms with van der Waals surface area (Å²) in [6, 6.07) is 15.4. The summed E-state index contributed by atoms with van der Waals surface area (Å²) in [6.07, 6.45) is 7.54. The van der Waals surface area contributed by atoms with E-state index in [1.54, 1.807) is 6.20 Å². The number of nitrogens with zero attached hydrogens (tertiary/aromatic N) is 2. The van der Waals surface area contributed by atoms with Crippen molar-refractivity contribution in [2.45, 2.75) is 45.1 Å². The Hall–Kier alpha value is -3.41. The van der Waals surface area contributed by atoms with Crippen molar-refractivity contribution in [2.24, 2.45) is 0 Å². The van der Waals surface area contributed by atoms with Crippen LogP contribution in [-0.2, 0) is 0 Å². The van der Waals surface area contributed by atoms with Gasteiger partial charge in [-0.25, -0.2) is 9.97 Å². The largest absolute Gasteiger partial charge is 0.398 e. The quantitative estimate of drug-likeness (QED) is 0.532. The first-order valence-corrected chi connectivity index (χ1v) is 10.5. The van der Waals surface area contributed by atoms with Gasteiger partial charge < -0.3 is 16.4 Å². The lowest BCUT2D eigenvalue weighted by Gasteiger charge is -2.22. The molecule has 0 unspecified atom stereocenters. The molecule has 0 saturated heterocycles. The molecule has 6 nitrogen and oxygen atoms in total. The van der Waals surface area contributed by atoms with E-state index < -0.39 is 0 Å². The molecule has 1 heterocycles. The van der Waals surface area contributed by atoms with E-state index in [-0.39, 0.29) is 5.91 Å². The van der Waals surface area contributed by atoms with Crippen LogP contribution in [0.2, 0.25) is 0 Å². The zero-order valence-electron chi connectivity index (χ0n) is 17.2. The molecule has 1 saturated carbocycles. The van der Waals surface area contributed by atoms with Crippen molar-refractivity contribution >= 4 is 23.2 Å². The second-order valence-electron chi connectivity index (χ2n) is 7.80. The van der Waals surface area contributed by atoms with Gasteiger partial charge in [0.15, 0.2) is 0 Å². The first kappa shape index (κ1) is 19.9. The molecule has 0 radical (unpaired) electrons. The fraction of sp³-hybridized carbons (Fsp3) is 0.292. The molecular formula is C24H27N5O. The van der Waals surface area contributed by atoms with E-state index in [1.165, 1.54) is 19.3 Å². The Labute approximate surface area is 176 Å². The summed E-state index contributed by atoms with van der Waals surface area (Å²) < 4.78 is 0. The van der Waals surface area contributed by atoms with Crippen LogP contribution in [0.5, 0.6) is 0 Å². The smallest absolute Gasteiger partial charge is 0.251 e. The average Bonchev–Trinajstić information content (AvgIpc) is 2.77. The summed E-state index contributed by atoms with van der Waals surface area (Å²) in [5.41, 5.74) is 11.0. The van der Waals surface area contributed by atoms with Gasteiger partial charge >= 0.3 is 0 Å². The summed E-state index contributed by atoms with van der Waals surface area (Å²) >= 11 is 0. The lowest BCUT2D eigenvalue weighted by atomic mass is 9.95. The first-order valence-electron chi connectivity index (χ1n) is 10.5. The Morgan fingerprint density at radius 3 is 2.57 bits per heavy atom. The Kier molecular flexibility index (Phi) is 5.93. The molecule has 1 aliphatic rings. The molecule has 1 aliphatic carbocycles. The SMILES string of the molecule is Cc1c(N)cccc1-c1ccnc(Nc2ccc(C(=O)NC3CCCCC3)cc2)n1. The average molecular weight is 402 g/mol. The zero-order valence-corrected chi connectivity index (χ0v) is 17.2. The monoisotopic (exact) mass is 401 g/mol. The number of nitrogen functional groups attached to an aromatic ring is 1. The molecule has 1 fully saturated rings. The minimum atomic E-state index is -0.0103. The van der Waals surface area contributed by atoms with E-state index in [9.17, 15) is 4.79 Å². The number of rotatable bonds is 5. The van der Waals surface area contributed by atoms with Crippen LogP contribution in [0.15, 0.2) is 54.7 Å². The number of anilines is 3. The molecule has 4 N–H and O–H groups in total. The van der Waals surface area contributed by atoms with Gasteiger partial charge in [-0.2, -0.15) is 0 Å². The lowest BCUT2D eigenvalue weighted by Crippen LogP contribution is -2.36. The zero-order chi connectivity index (χ0) is 20.9. The molecule has 154 valence electrons. The first-order chi connectivity index (χ1) is 14.6. The molecule has 0 atom stereocenters. The molecule has 4 rings (SSSR count). The normalized spacial score (nSPS) is 14.3. The van der Waals surface area contributed by atoms with E-state index in [1.807, 2.05) is 55.5 Å². The molecule has 3 aromatic rings. The van der Waals surface area contributed by atoms with Crippen LogP contribution in [0.1, 0.15) is 48.0 Å². The molecule has 0 spiro atoms. The third-order valence-electron chi connectivity index (χ3n) is 5.65. The summed E-state index contributed by atoms with van der Waals surface area (Å²) in [5, 5.41) is 6.36. The molecule has 1 aromatic heterocycles. The third kappa shape index (κ3) is 4.59. The summed E-state index contributed by atoms with van der Waals surface area (Å²) in [6.45, 7) is 1.98. The predicted molar refractivity (Wildman–Crippen MR) is 121 cm³/mol. The molecule has 0 bridgehead atoms. The topological polar surface area (TPSA) is 92.9 Å². The highest BCUT2D eigenvalue weighted by Gasteiger charge is 2.16. The number of hydrogen-bond donors (Lipinski definition) is 3. The van der Waals surface area contributed by atoms with Crippen molar-refractivity contribution in [1.82, 2.24) is 15.3 Å². The van der Waals surface area contributed by atoms with Gasteiger partial charge in [-0.05, 0) is 61.7 Å². The number of hydrogen-bond acceptors (Lipinski definition) is 5. The van der Waals surface area contributed by atoms with E-state index in [0.29, 0.717) is 17.6 Å². The van der Waals surface area contributed by atoms with Gasteiger partial charge in [0.2, 0.25) is 5.95 Å². The second-order valence-corrected chi connectivity index (χ2v) is 7.80. The Morgan fingerprint density at radius 2 is 1.80 bits per heavy atom. The van der Waals surface area contributed by atoms with E-state index in [2.05, 4.69) is 20.6 Å². The van der Waals surface area contributed by atoms with Gasteiger partial charge in [-0.15, -0.1) is 0 Å². The van der Waals surface area contributed by atoms with Crippen LogP contribution < -0.4 is 16.4 Å². The molecule has 30 heavy (non-hydrogen) atoms. The Balaban J connectivity index is 1.44. The van der Waals surface area contributed by atoms with E-state index in [0.717, 1.165) is 41.0 Å². The number of nitrogens with one attached hydrogen (secondary N) is 2. The highest BCUT2D eigenvalue weighted by atomic mass is 16.1. The minimum absolute atomic E-state index is 0.0103. The van der Waals surface area contributed by atoms with Gasteiger partial charge in [0.25, 0.3) is 5.91 Å². The Bertz CT molecular complexity index is 1030. The second kappa shape index (κ2) is 8.95. The lowest BCUT2D eigenvalue weighted by molar-refractivity contribution is 0.0928. The number of nitrogens with two attached hydrogens (primary N) is 1. The summed E-state index contributed by atoms with van der Waals surface area (Å²) in [7, 11) is 0. The van der Waals surface area contributed by atoms with Crippen molar-refractivity contribution in [3.63, 3.8) is 0 Å². The van der Waals surface area contributed by atoms with Crippen LogP contribution in [0.4, 0.5) is 17.3 Å². The maximum Gasteiger partial charge on any atom is 0.251 e. The molecule has 6 heteroatoms. The van der Waals surface area contributed by atoms with Crippen molar-refractivity contribution in [2.75, 3.05) is 11.1 Å². The maximum atomic E-state index is 12.5. The van der Waals surface area contributed by atoms with Crippen LogP contribution in [-0.4, -0.2) is 21.9 Å². The van der Waals surface area contributed by atoms with Crippen LogP contribution in [0, 0.1) is 6.92 Å². The van der Waals surface area contributed by atoms with Gasteiger partial charge in [-0.3, -0.25) is 4.79 Å². The van der Waals surface area contributed by atoms with Gasteiger partial charge in [0, 0.05) is 34.7 Å². The Morgan fingerprint density at radius 1 is 1.03 bits per heavy atom. The molecule has 0 aliphatic heterocycles. The fourth-order valence-electron chi connectivity index (χ4n) is 3.85. The van der Waals surface area contributed by atoms with Gasteiger partial charge in [-0.1, -0.05) is 31.4 Å². The minimum Gasteiger partial charge on any atom is -0.398 e. The highest BCUT2D eigenvalue weighted by molar-refractivity contribution is 5.94. The van der Waals surface area contributed by atoms with E-state index >= 15 is 0 Å². The summed E-state index contributed by atoms with van der Waals surface area (Å²) in [5.74, 6) is 0.484. The van der Waals surface area contributed by atoms with Crippen molar-refractivity contribution in [3.05, 3.63) is 65.9 Å². The fourth-order valence-corrected chi connectivity index (χ4v) is 3.85. The number of amides is 1. The standard InChI is InChI=1S/C24H27N5O/c1-16-20(8-5-9-21(16)25)22-14-15-26-24(29-22)28-19-12-10-17(11-13-19)23(30)27-18-6-3-2-4-7-18/h5,8-15,18H,2-4,6-7,25H2,1H3,(H,27,30)(H,26,28,29). The van der Waals surface area contributed by atoms with Gasteiger partial charge in [0.1, 0.15) is 0 Å². The van der Waals surface area contributed by atoms with Crippen molar-refractivity contribution in [3.8, 4) is 11.3 Å².